The molecule has 0 amide bonds. The predicted molar refractivity (Wildman–Crippen MR) is 70.1 cm³/mol. The zero-order valence-corrected chi connectivity index (χ0v) is 11.5. The Morgan fingerprint density at radius 2 is 2.00 bits per heavy atom. The largest absolute Gasteiger partial charge is 0.235 e. The van der Waals surface area contributed by atoms with E-state index in [4.69, 9.17) is 23.2 Å². The second-order valence-electron chi connectivity index (χ2n) is 3.99. The van der Waals surface area contributed by atoms with Crippen molar-refractivity contribution in [3.05, 3.63) is 39.8 Å². The van der Waals surface area contributed by atoms with Gasteiger partial charge in [0.25, 0.3) is 0 Å². The Balaban J connectivity index is 2.57. The molecule has 0 atom stereocenters. The molecule has 2 rings (SSSR count). The lowest BCUT2D eigenvalue weighted by Gasteiger charge is -2.06. The van der Waals surface area contributed by atoms with Gasteiger partial charge >= 0.3 is 0 Å². The van der Waals surface area contributed by atoms with Crippen LogP contribution in [0.5, 0.6) is 0 Å². The highest BCUT2D eigenvalue weighted by Gasteiger charge is 2.13. The molecular formula is C12H13Cl2N3. The second kappa shape index (κ2) is 4.67. The third-order valence-corrected chi connectivity index (χ3v) is 3.47. The number of hydrogen-bond acceptors (Lipinski definition) is 2. The summed E-state index contributed by atoms with van der Waals surface area (Å²) in [5, 5.41) is 5.00. The molecule has 17 heavy (non-hydrogen) atoms. The van der Waals surface area contributed by atoms with Crippen LogP contribution in [0.4, 0.5) is 0 Å². The quantitative estimate of drug-likeness (QED) is 0.781. The first-order chi connectivity index (χ1) is 8.04. The fourth-order valence-corrected chi connectivity index (χ4v) is 2.04. The normalized spacial score (nSPS) is 10.9. The molecule has 2 aromatic heterocycles. The van der Waals surface area contributed by atoms with Crippen molar-refractivity contribution in [1.82, 2.24) is 14.8 Å². The van der Waals surface area contributed by atoms with E-state index in [-0.39, 0.29) is 0 Å². The van der Waals surface area contributed by atoms with Crippen molar-refractivity contribution in [2.24, 2.45) is 0 Å². The third kappa shape index (κ3) is 2.17. The van der Waals surface area contributed by atoms with Gasteiger partial charge in [-0.1, -0.05) is 11.6 Å². The average Bonchev–Trinajstić information content (AvgIpc) is 2.57. The molecule has 5 heteroatoms. The van der Waals surface area contributed by atoms with Crippen LogP contribution in [0.25, 0.3) is 5.82 Å². The van der Waals surface area contributed by atoms with E-state index in [1.54, 1.807) is 10.9 Å². The Morgan fingerprint density at radius 1 is 1.29 bits per heavy atom. The SMILES string of the molecule is Cc1nn(-c2ncc(CCl)cc2Cl)c(C)c1C. The minimum atomic E-state index is 0.406. The molecule has 0 aliphatic heterocycles. The van der Waals surface area contributed by atoms with Crippen LogP contribution in [0.15, 0.2) is 12.3 Å². The van der Waals surface area contributed by atoms with Gasteiger partial charge in [-0.2, -0.15) is 5.10 Å². The van der Waals surface area contributed by atoms with Gasteiger partial charge in [0, 0.05) is 17.8 Å². The molecule has 0 aromatic carbocycles. The van der Waals surface area contributed by atoms with Gasteiger partial charge in [0.05, 0.1) is 10.7 Å². The van der Waals surface area contributed by atoms with Gasteiger partial charge in [-0.25, -0.2) is 9.67 Å². The number of pyridine rings is 1. The lowest BCUT2D eigenvalue weighted by atomic mass is 10.2. The summed E-state index contributed by atoms with van der Waals surface area (Å²) in [5.41, 5.74) is 4.10. The monoisotopic (exact) mass is 269 g/mol. The van der Waals surface area contributed by atoms with E-state index in [0.29, 0.717) is 16.7 Å². The fraction of sp³-hybridized carbons (Fsp3) is 0.333. The van der Waals surface area contributed by atoms with Crippen molar-refractivity contribution in [2.75, 3.05) is 0 Å². The highest BCUT2D eigenvalue weighted by molar-refractivity contribution is 6.32. The van der Waals surface area contributed by atoms with Crippen LogP contribution in [0, 0.1) is 20.8 Å². The molecular weight excluding hydrogens is 257 g/mol. The van der Waals surface area contributed by atoms with E-state index in [1.165, 1.54) is 0 Å². The number of aryl methyl sites for hydroxylation is 1. The number of hydrogen-bond donors (Lipinski definition) is 0. The molecule has 3 nitrogen and oxygen atoms in total. The van der Waals surface area contributed by atoms with Crippen LogP contribution >= 0.6 is 23.2 Å². The first kappa shape index (κ1) is 12.4. The number of rotatable bonds is 2. The highest BCUT2D eigenvalue weighted by Crippen LogP contribution is 2.23. The fourth-order valence-electron chi connectivity index (χ4n) is 1.63. The minimum Gasteiger partial charge on any atom is -0.235 e. The topological polar surface area (TPSA) is 30.7 Å². The van der Waals surface area contributed by atoms with Crippen LogP contribution in [0.2, 0.25) is 5.02 Å². The van der Waals surface area contributed by atoms with E-state index in [0.717, 1.165) is 22.5 Å². The second-order valence-corrected chi connectivity index (χ2v) is 4.66. The molecule has 90 valence electrons. The minimum absolute atomic E-state index is 0.406. The van der Waals surface area contributed by atoms with Gasteiger partial charge in [0.15, 0.2) is 5.82 Å². The number of alkyl halides is 1. The maximum atomic E-state index is 6.19. The Bertz CT molecular complexity index is 561. The Hall–Kier alpha value is -1.06. The molecule has 0 N–H and O–H groups in total. The highest BCUT2D eigenvalue weighted by atomic mass is 35.5. The molecule has 0 saturated heterocycles. The molecule has 0 aliphatic carbocycles. The van der Waals surface area contributed by atoms with Gasteiger partial charge < -0.3 is 0 Å². The molecule has 0 spiro atoms. The van der Waals surface area contributed by atoms with Crippen molar-refractivity contribution >= 4 is 23.2 Å². The maximum absolute atomic E-state index is 6.19. The Kier molecular flexibility index (Phi) is 3.40. The predicted octanol–water partition coefficient (Wildman–Crippen LogP) is 3.58. The molecule has 0 aliphatic rings. The summed E-state index contributed by atoms with van der Waals surface area (Å²) < 4.78 is 1.77. The van der Waals surface area contributed by atoms with Crippen LogP contribution in [0.3, 0.4) is 0 Å². The van der Waals surface area contributed by atoms with Crippen molar-refractivity contribution in [3.8, 4) is 5.82 Å². The third-order valence-electron chi connectivity index (χ3n) is 2.89. The van der Waals surface area contributed by atoms with Crippen LogP contribution in [-0.2, 0) is 5.88 Å². The number of halogens is 2. The van der Waals surface area contributed by atoms with E-state index in [9.17, 15) is 0 Å². The molecule has 2 heterocycles. The van der Waals surface area contributed by atoms with Crippen molar-refractivity contribution in [3.63, 3.8) is 0 Å². The van der Waals surface area contributed by atoms with E-state index >= 15 is 0 Å². The van der Waals surface area contributed by atoms with Crippen molar-refractivity contribution in [2.45, 2.75) is 26.7 Å². The van der Waals surface area contributed by atoms with Gasteiger partial charge in [0.1, 0.15) is 0 Å². The molecule has 0 fully saturated rings. The van der Waals surface area contributed by atoms with E-state index in [2.05, 4.69) is 10.1 Å². The average molecular weight is 270 g/mol. The smallest absolute Gasteiger partial charge is 0.172 e. The standard InChI is InChI=1S/C12H13Cl2N3/c1-7-8(2)16-17(9(7)3)12-11(14)4-10(5-13)6-15-12/h4,6H,5H2,1-3H3. The lowest BCUT2D eigenvalue weighted by molar-refractivity contribution is 0.804. The maximum Gasteiger partial charge on any atom is 0.172 e. The van der Waals surface area contributed by atoms with Gasteiger partial charge in [-0.05, 0) is 38.0 Å². The summed E-state index contributed by atoms with van der Waals surface area (Å²) >= 11 is 11.9. The first-order valence-corrected chi connectivity index (χ1v) is 6.19. The summed E-state index contributed by atoms with van der Waals surface area (Å²) in [6, 6.07) is 1.82. The van der Waals surface area contributed by atoms with Crippen molar-refractivity contribution < 1.29 is 0 Å². The van der Waals surface area contributed by atoms with Crippen LogP contribution in [-0.4, -0.2) is 14.8 Å². The summed E-state index contributed by atoms with van der Waals surface area (Å²) in [7, 11) is 0. The Labute approximate surface area is 110 Å². The van der Waals surface area contributed by atoms with E-state index < -0.39 is 0 Å². The zero-order chi connectivity index (χ0) is 12.6. The van der Waals surface area contributed by atoms with Crippen LogP contribution < -0.4 is 0 Å². The lowest BCUT2D eigenvalue weighted by Crippen LogP contribution is -2.03. The summed E-state index contributed by atoms with van der Waals surface area (Å²) in [6.45, 7) is 6.01. The van der Waals surface area contributed by atoms with E-state index in [1.807, 2.05) is 26.8 Å². The first-order valence-electron chi connectivity index (χ1n) is 5.28. The number of aromatic nitrogens is 3. The molecule has 0 unspecified atom stereocenters. The van der Waals surface area contributed by atoms with Gasteiger partial charge in [0.2, 0.25) is 0 Å². The molecule has 0 radical (unpaired) electrons. The summed E-state index contributed by atoms with van der Waals surface area (Å²) in [5.74, 6) is 1.05. The summed E-state index contributed by atoms with van der Waals surface area (Å²) in [6.07, 6.45) is 1.72. The number of nitrogens with zero attached hydrogens (tertiary/aromatic N) is 3. The van der Waals surface area contributed by atoms with Crippen LogP contribution in [0.1, 0.15) is 22.5 Å². The van der Waals surface area contributed by atoms with Gasteiger partial charge in [-0.3, -0.25) is 0 Å². The Morgan fingerprint density at radius 3 is 2.47 bits per heavy atom. The molecule has 2 aromatic rings. The zero-order valence-electron chi connectivity index (χ0n) is 9.96. The summed E-state index contributed by atoms with van der Waals surface area (Å²) in [4.78, 5) is 4.32. The van der Waals surface area contributed by atoms with Gasteiger partial charge in [-0.15, -0.1) is 11.6 Å². The molecule has 0 bridgehead atoms. The van der Waals surface area contributed by atoms with Crippen molar-refractivity contribution in [1.29, 1.82) is 0 Å². The molecule has 0 saturated carbocycles.